The van der Waals surface area contributed by atoms with Gasteiger partial charge in [0.15, 0.2) is 0 Å². The second-order valence-electron chi connectivity index (χ2n) is 8.40. The molecule has 2 N–H and O–H groups in total. The third kappa shape index (κ3) is 4.13. The van der Waals surface area contributed by atoms with Gasteiger partial charge in [0, 0.05) is 60.9 Å². The van der Waals surface area contributed by atoms with Crippen LogP contribution in [0.1, 0.15) is 30.4 Å². The normalized spacial score (nSPS) is 18.4. The van der Waals surface area contributed by atoms with Crippen LogP contribution in [0, 0.1) is 0 Å². The third-order valence-electron chi connectivity index (χ3n) is 6.65. The van der Waals surface area contributed by atoms with Gasteiger partial charge in [-0.2, -0.15) is 0 Å². The van der Waals surface area contributed by atoms with Gasteiger partial charge in [0.25, 0.3) is 0 Å². The van der Waals surface area contributed by atoms with Crippen molar-refractivity contribution in [2.75, 3.05) is 26.2 Å². The molecule has 1 aliphatic heterocycles. The number of nitrogens with one attached hydrogen (secondary N) is 2. The number of H-pyrrole nitrogens is 1. The summed E-state index contributed by atoms with van der Waals surface area (Å²) >= 11 is 0. The lowest BCUT2D eigenvalue weighted by Crippen LogP contribution is -2.54. The molecule has 31 heavy (non-hydrogen) atoms. The average molecular weight is 415 g/mol. The largest absolute Gasteiger partial charge is 0.361 e. The zero-order chi connectivity index (χ0) is 21.0. The van der Waals surface area contributed by atoms with Crippen LogP contribution in [0.25, 0.3) is 16.6 Å². The Kier molecular flexibility index (Phi) is 5.82. The van der Waals surface area contributed by atoms with Gasteiger partial charge in [-0.3, -0.25) is 9.47 Å². The summed E-state index contributed by atoms with van der Waals surface area (Å²) in [6, 6.07) is 17.9. The van der Waals surface area contributed by atoms with E-state index in [-0.39, 0.29) is 0 Å². The number of aromatic nitrogens is 4. The molecule has 0 aliphatic carbocycles. The summed E-state index contributed by atoms with van der Waals surface area (Å²) in [5, 5.41) is 12.9. The Balaban J connectivity index is 1.43. The Hall–Kier alpha value is -2.96. The number of hydrogen-bond donors (Lipinski definition) is 2. The lowest BCUT2D eigenvalue weighted by atomic mass is 9.86. The van der Waals surface area contributed by atoms with Gasteiger partial charge in [-0.05, 0) is 42.2 Å². The van der Waals surface area contributed by atoms with Crippen LogP contribution in [-0.4, -0.2) is 56.9 Å². The van der Waals surface area contributed by atoms with Crippen molar-refractivity contribution in [2.45, 2.75) is 31.7 Å². The molecule has 2 atom stereocenters. The standard InChI is InChI=1S/C25H30N6/c1-2-21(25-16-26-11-13-30(25)12-10-19-6-4-3-5-7-19)23-15-27-24-9-8-20(14-22(23)24)31-17-28-29-18-31/h3-9,14-15,17-18,21,25-27H,2,10-13,16H2,1H3. The van der Waals surface area contributed by atoms with Gasteiger partial charge in [0.05, 0.1) is 0 Å². The number of nitrogens with zero attached hydrogens (tertiary/aromatic N) is 4. The maximum Gasteiger partial charge on any atom is 0.123 e. The predicted octanol–water partition coefficient (Wildman–Crippen LogP) is 3.76. The summed E-state index contributed by atoms with van der Waals surface area (Å²) in [5.74, 6) is 0.466. The fraction of sp³-hybridized carbons (Fsp3) is 0.360. The van der Waals surface area contributed by atoms with Crippen LogP contribution >= 0.6 is 0 Å². The number of piperazine rings is 1. The summed E-state index contributed by atoms with van der Waals surface area (Å²) in [6.07, 6.45) is 7.93. The number of rotatable bonds is 7. The minimum atomic E-state index is 0.466. The first-order valence-electron chi connectivity index (χ1n) is 11.3. The molecule has 160 valence electrons. The van der Waals surface area contributed by atoms with Crippen LogP contribution in [0.2, 0.25) is 0 Å². The Labute approximate surface area is 183 Å². The smallest absolute Gasteiger partial charge is 0.123 e. The molecule has 2 unspecified atom stereocenters. The van der Waals surface area contributed by atoms with Crippen molar-refractivity contribution >= 4 is 10.9 Å². The molecule has 5 rings (SSSR count). The van der Waals surface area contributed by atoms with E-state index in [2.05, 4.69) is 87.0 Å². The molecule has 3 heterocycles. The highest BCUT2D eigenvalue weighted by atomic mass is 15.2. The van der Waals surface area contributed by atoms with Crippen LogP contribution in [0.15, 0.2) is 67.4 Å². The van der Waals surface area contributed by atoms with Gasteiger partial charge in [0.2, 0.25) is 0 Å². The van der Waals surface area contributed by atoms with Crippen molar-refractivity contribution in [3.05, 3.63) is 78.5 Å². The first-order chi connectivity index (χ1) is 15.3. The highest BCUT2D eigenvalue weighted by molar-refractivity contribution is 5.85. The molecule has 1 saturated heterocycles. The van der Waals surface area contributed by atoms with Gasteiger partial charge >= 0.3 is 0 Å². The van der Waals surface area contributed by atoms with Gasteiger partial charge in [-0.1, -0.05) is 37.3 Å². The molecular formula is C25H30N6. The summed E-state index contributed by atoms with van der Waals surface area (Å²) in [5.41, 5.74) is 5.10. The van der Waals surface area contributed by atoms with Crippen molar-refractivity contribution in [3.63, 3.8) is 0 Å². The zero-order valence-corrected chi connectivity index (χ0v) is 18.0. The molecular weight excluding hydrogens is 384 g/mol. The topological polar surface area (TPSA) is 61.8 Å². The van der Waals surface area contributed by atoms with Crippen molar-refractivity contribution in [1.29, 1.82) is 0 Å². The van der Waals surface area contributed by atoms with E-state index in [1.807, 2.05) is 4.57 Å². The molecule has 6 heteroatoms. The van der Waals surface area contributed by atoms with E-state index in [9.17, 15) is 0 Å². The Morgan fingerprint density at radius 1 is 1.10 bits per heavy atom. The maximum atomic E-state index is 3.96. The van der Waals surface area contributed by atoms with Gasteiger partial charge in [-0.15, -0.1) is 10.2 Å². The minimum absolute atomic E-state index is 0.466. The molecule has 0 bridgehead atoms. The monoisotopic (exact) mass is 414 g/mol. The molecule has 6 nitrogen and oxygen atoms in total. The number of fused-ring (bicyclic) bond motifs is 1. The molecule has 1 fully saturated rings. The van der Waals surface area contributed by atoms with E-state index in [0.717, 1.165) is 44.7 Å². The predicted molar refractivity (Wildman–Crippen MR) is 125 cm³/mol. The highest BCUT2D eigenvalue weighted by Crippen LogP contribution is 2.34. The van der Waals surface area contributed by atoms with Gasteiger partial charge in [0.1, 0.15) is 12.7 Å². The molecule has 0 saturated carbocycles. The lowest BCUT2D eigenvalue weighted by molar-refractivity contribution is 0.138. The highest BCUT2D eigenvalue weighted by Gasteiger charge is 2.31. The van der Waals surface area contributed by atoms with E-state index < -0.39 is 0 Å². The average Bonchev–Trinajstić information content (AvgIpc) is 3.50. The Bertz CT molecular complexity index is 1100. The Morgan fingerprint density at radius 2 is 1.94 bits per heavy atom. The van der Waals surface area contributed by atoms with E-state index in [1.54, 1.807) is 12.7 Å². The molecule has 0 radical (unpaired) electrons. The van der Waals surface area contributed by atoms with Gasteiger partial charge in [-0.25, -0.2) is 0 Å². The summed E-state index contributed by atoms with van der Waals surface area (Å²) in [6.45, 7) is 6.61. The molecule has 0 amide bonds. The molecule has 2 aromatic carbocycles. The zero-order valence-electron chi connectivity index (χ0n) is 18.0. The van der Waals surface area contributed by atoms with Crippen molar-refractivity contribution < 1.29 is 0 Å². The lowest BCUT2D eigenvalue weighted by Gasteiger charge is -2.40. The number of aromatic amines is 1. The second kappa shape index (κ2) is 9.04. The molecule has 0 spiro atoms. The number of hydrogen-bond acceptors (Lipinski definition) is 4. The van der Waals surface area contributed by atoms with E-state index in [1.165, 1.54) is 22.0 Å². The van der Waals surface area contributed by atoms with Gasteiger partial charge < -0.3 is 10.3 Å². The minimum Gasteiger partial charge on any atom is -0.361 e. The SMILES string of the molecule is CCC(c1c[nH]c2ccc(-n3cnnc3)cc12)C1CNCCN1CCc1ccccc1. The van der Waals surface area contributed by atoms with E-state index >= 15 is 0 Å². The quantitative estimate of drug-likeness (QED) is 0.483. The third-order valence-corrected chi connectivity index (χ3v) is 6.65. The number of benzene rings is 2. The summed E-state index contributed by atoms with van der Waals surface area (Å²) in [4.78, 5) is 6.20. The first-order valence-corrected chi connectivity index (χ1v) is 11.3. The Morgan fingerprint density at radius 3 is 2.74 bits per heavy atom. The van der Waals surface area contributed by atoms with Crippen molar-refractivity contribution in [1.82, 2.24) is 30.0 Å². The second-order valence-corrected chi connectivity index (χ2v) is 8.40. The van der Waals surface area contributed by atoms with Crippen LogP contribution in [-0.2, 0) is 6.42 Å². The fourth-order valence-corrected chi connectivity index (χ4v) is 4.99. The molecule has 2 aromatic heterocycles. The maximum absolute atomic E-state index is 3.96. The fourth-order valence-electron chi connectivity index (χ4n) is 4.99. The van der Waals surface area contributed by atoms with E-state index in [4.69, 9.17) is 0 Å². The van der Waals surface area contributed by atoms with Crippen molar-refractivity contribution in [3.8, 4) is 5.69 Å². The molecule has 1 aliphatic rings. The van der Waals surface area contributed by atoms with Crippen LogP contribution < -0.4 is 5.32 Å². The van der Waals surface area contributed by atoms with Crippen LogP contribution in [0.4, 0.5) is 0 Å². The van der Waals surface area contributed by atoms with Crippen LogP contribution in [0.5, 0.6) is 0 Å². The van der Waals surface area contributed by atoms with Crippen LogP contribution in [0.3, 0.4) is 0 Å². The summed E-state index contributed by atoms with van der Waals surface area (Å²) < 4.78 is 1.96. The first kappa shape index (κ1) is 20.0. The summed E-state index contributed by atoms with van der Waals surface area (Å²) in [7, 11) is 0. The molecule has 4 aromatic rings. The van der Waals surface area contributed by atoms with Crippen molar-refractivity contribution in [2.24, 2.45) is 0 Å². The van der Waals surface area contributed by atoms with E-state index in [0.29, 0.717) is 12.0 Å².